The molecule has 0 fully saturated rings. The highest BCUT2D eigenvalue weighted by Crippen LogP contribution is 2.34. The number of methoxy groups -OCH3 is 1. The van der Waals surface area contributed by atoms with Crippen molar-refractivity contribution in [1.82, 2.24) is 4.98 Å². The molecule has 0 bridgehead atoms. The molecule has 0 saturated heterocycles. The molecule has 0 unspecified atom stereocenters. The van der Waals surface area contributed by atoms with Gasteiger partial charge >= 0.3 is 0 Å². The molecule has 0 aliphatic carbocycles. The second kappa shape index (κ2) is 7.85. The lowest BCUT2D eigenvalue weighted by Crippen LogP contribution is -2.30. The molecule has 0 radical (unpaired) electrons. The highest BCUT2D eigenvalue weighted by atomic mass is 32.1. The van der Waals surface area contributed by atoms with Gasteiger partial charge in [-0.2, -0.15) is 0 Å². The van der Waals surface area contributed by atoms with Crippen molar-refractivity contribution in [1.29, 1.82) is 0 Å². The number of para-hydroxylation sites is 2. The van der Waals surface area contributed by atoms with Crippen molar-refractivity contribution in [2.45, 2.75) is 6.54 Å². The van der Waals surface area contributed by atoms with E-state index in [0.717, 1.165) is 10.9 Å². The number of benzene rings is 3. The van der Waals surface area contributed by atoms with Crippen molar-refractivity contribution in [2.24, 2.45) is 0 Å². The SMILES string of the molecule is COc1cccc2cc(C(=O)N(Cc3ccccc3)c3nc4c(F)cccc4s3)oc12. The van der Waals surface area contributed by atoms with E-state index in [9.17, 15) is 9.18 Å². The summed E-state index contributed by atoms with van der Waals surface area (Å²) >= 11 is 1.26. The number of furan rings is 1. The van der Waals surface area contributed by atoms with Gasteiger partial charge in [0.05, 0.1) is 18.4 Å². The minimum atomic E-state index is -0.416. The van der Waals surface area contributed by atoms with Gasteiger partial charge in [-0.25, -0.2) is 9.37 Å². The lowest BCUT2D eigenvalue weighted by molar-refractivity contribution is 0.0960. The molecule has 5 rings (SSSR count). The van der Waals surface area contributed by atoms with E-state index in [-0.39, 0.29) is 23.7 Å². The molecule has 7 heteroatoms. The summed E-state index contributed by atoms with van der Waals surface area (Å²) in [7, 11) is 1.55. The molecule has 2 aromatic heterocycles. The van der Waals surface area contributed by atoms with Crippen LogP contribution in [0.25, 0.3) is 21.2 Å². The fourth-order valence-electron chi connectivity index (χ4n) is 3.45. The molecule has 0 saturated carbocycles. The van der Waals surface area contributed by atoms with Gasteiger partial charge in [0.15, 0.2) is 22.2 Å². The van der Waals surface area contributed by atoms with Crippen LogP contribution in [-0.4, -0.2) is 18.0 Å². The first-order valence-corrected chi connectivity index (χ1v) is 10.4. The number of hydrogen-bond donors (Lipinski definition) is 0. The molecule has 1 amide bonds. The number of anilines is 1. The number of halogens is 1. The molecular formula is C24H17FN2O3S. The van der Waals surface area contributed by atoms with Crippen LogP contribution in [-0.2, 0) is 6.54 Å². The molecule has 0 spiro atoms. The Balaban J connectivity index is 1.61. The number of aromatic nitrogens is 1. The predicted molar refractivity (Wildman–Crippen MR) is 119 cm³/mol. The second-order valence-corrected chi connectivity index (χ2v) is 7.96. The van der Waals surface area contributed by atoms with Gasteiger partial charge in [0.2, 0.25) is 0 Å². The largest absolute Gasteiger partial charge is 0.493 e. The molecule has 0 aliphatic heterocycles. The van der Waals surface area contributed by atoms with E-state index in [1.54, 1.807) is 31.4 Å². The Kier molecular flexibility index (Phi) is 4.88. The van der Waals surface area contributed by atoms with E-state index >= 15 is 0 Å². The second-order valence-electron chi connectivity index (χ2n) is 6.95. The first-order chi connectivity index (χ1) is 15.1. The molecule has 5 aromatic rings. The summed E-state index contributed by atoms with van der Waals surface area (Å²) in [5, 5.41) is 1.17. The third-order valence-electron chi connectivity index (χ3n) is 4.96. The van der Waals surface area contributed by atoms with Crippen molar-refractivity contribution in [3.05, 3.63) is 89.9 Å². The van der Waals surface area contributed by atoms with Gasteiger partial charge in [-0.1, -0.05) is 59.9 Å². The Morgan fingerprint density at radius 2 is 1.90 bits per heavy atom. The minimum Gasteiger partial charge on any atom is -0.493 e. The van der Waals surface area contributed by atoms with Crippen molar-refractivity contribution in [3.8, 4) is 5.75 Å². The van der Waals surface area contributed by atoms with Crippen LogP contribution in [0, 0.1) is 5.82 Å². The van der Waals surface area contributed by atoms with E-state index in [4.69, 9.17) is 9.15 Å². The van der Waals surface area contributed by atoms with Gasteiger partial charge in [-0.15, -0.1) is 0 Å². The number of ether oxygens (including phenoxy) is 1. The van der Waals surface area contributed by atoms with Crippen LogP contribution in [0.5, 0.6) is 5.75 Å². The molecule has 0 aliphatic rings. The van der Waals surface area contributed by atoms with Crippen molar-refractivity contribution >= 4 is 43.6 Å². The van der Waals surface area contributed by atoms with E-state index in [2.05, 4.69) is 4.98 Å². The van der Waals surface area contributed by atoms with E-state index < -0.39 is 5.82 Å². The number of thiazole rings is 1. The number of hydrogen-bond acceptors (Lipinski definition) is 5. The Labute approximate surface area is 181 Å². The maximum absolute atomic E-state index is 14.2. The first kappa shape index (κ1) is 19.3. The summed E-state index contributed by atoms with van der Waals surface area (Å²) in [5.41, 5.74) is 1.67. The lowest BCUT2D eigenvalue weighted by Gasteiger charge is -2.18. The van der Waals surface area contributed by atoms with Crippen LogP contribution in [0.2, 0.25) is 0 Å². The zero-order valence-electron chi connectivity index (χ0n) is 16.5. The third kappa shape index (κ3) is 3.53. The van der Waals surface area contributed by atoms with Crippen molar-refractivity contribution in [3.63, 3.8) is 0 Å². The molecule has 31 heavy (non-hydrogen) atoms. The quantitative estimate of drug-likeness (QED) is 0.340. The van der Waals surface area contributed by atoms with Crippen LogP contribution in [0.3, 0.4) is 0 Å². The van der Waals surface area contributed by atoms with E-state index in [1.165, 1.54) is 22.3 Å². The Bertz CT molecular complexity index is 1390. The molecule has 3 aromatic carbocycles. The molecule has 0 atom stereocenters. The Morgan fingerprint density at radius 1 is 1.10 bits per heavy atom. The monoisotopic (exact) mass is 432 g/mol. The standard InChI is InChI=1S/C24H17FN2O3S/c1-29-18-11-5-9-16-13-19(30-22(16)18)23(28)27(14-15-7-3-2-4-8-15)24-26-21-17(25)10-6-12-20(21)31-24/h2-13H,14H2,1H3. The van der Waals surface area contributed by atoms with Crippen LogP contribution in [0.4, 0.5) is 9.52 Å². The van der Waals surface area contributed by atoms with Gasteiger partial charge in [0.25, 0.3) is 5.91 Å². The number of carbonyl (C=O) groups is 1. The highest BCUT2D eigenvalue weighted by molar-refractivity contribution is 7.22. The van der Waals surface area contributed by atoms with Crippen LogP contribution < -0.4 is 9.64 Å². The van der Waals surface area contributed by atoms with Crippen molar-refractivity contribution in [2.75, 3.05) is 12.0 Å². The average Bonchev–Trinajstić information content (AvgIpc) is 3.43. The molecule has 5 nitrogen and oxygen atoms in total. The van der Waals surface area contributed by atoms with Crippen LogP contribution in [0.1, 0.15) is 16.1 Å². The summed E-state index contributed by atoms with van der Waals surface area (Å²) in [5.74, 6) is -0.0643. The lowest BCUT2D eigenvalue weighted by atomic mass is 10.2. The molecule has 0 N–H and O–H groups in total. The fourth-order valence-corrected chi connectivity index (χ4v) is 4.42. The average molecular weight is 432 g/mol. The van der Waals surface area contributed by atoms with E-state index in [1.807, 2.05) is 42.5 Å². The van der Waals surface area contributed by atoms with Gasteiger partial charge in [0, 0.05) is 5.39 Å². The van der Waals surface area contributed by atoms with Gasteiger partial charge in [0.1, 0.15) is 11.3 Å². The Morgan fingerprint density at radius 3 is 2.68 bits per heavy atom. The van der Waals surface area contributed by atoms with Crippen LogP contribution >= 0.6 is 11.3 Å². The summed E-state index contributed by atoms with van der Waals surface area (Å²) in [6, 6.07) is 21.5. The van der Waals surface area contributed by atoms with Gasteiger partial charge in [-0.3, -0.25) is 9.69 Å². The topological polar surface area (TPSA) is 55.6 Å². The van der Waals surface area contributed by atoms with Crippen LogP contribution in [0.15, 0.2) is 77.2 Å². The normalized spacial score (nSPS) is 11.2. The molecule has 2 heterocycles. The Hall–Kier alpha value is -3.71. The smallest absolute Gasteiger partial charge is 0.296 e. The summed E-state index contributed by atoms with van der Waals surface area (Å²) in [6.45, 7) is 0.273. The van der Waals surface area contributed by atoms with E-state index in [0.29, 0.717) is 21.2 Å². The zero-order valence-corrected chi connectivity index (χ0v) is 17.4. The highest BCUT2D eigenvalue weighted by Gasteiger charge is 2.26. The van der Waals surface area contributed by atoms with Crippen molar-refractivity contribution < 1.29 is 18.3 Å². The molecular weight excluding hydrogens is 415 g/mol. The zero-order chi connectivity index (χ0) is 21.4. The number of rotatable bonds is 5. The summed E-state index contributed by atoms with van der Waals surface area (Å²) in [4.78, 5) is 19.5. The number of nitrogens with zero attached hydrogens (tertiary/aromatic N) is 2. The maximum atomic E-state index is 14.2. The third-order valence-corrected chi connectivity index (χ3v) is 6.00. The number of carbonyl (C=O) groups excluding carboxylic acids is 1. The number of amides is 1. The first-order valence-electron chi connectivity index (χ1n) is 9.61. The summed E-state index contributed by atoms with van der Waals surface area (Å²) < 4.78 is 26.1. The summed E-state index contributed by atoms with van der Waals surface area (Å²) in [6.07, 6.45) is 0. The number of fused-ring (bicyclic) bond motifs is 2. The molecule has 154 valence electrons. The van der Waals surface area contributed by atoms with Gasteiger partial charge < -0.3 is 9.15 Å². The maximum Gasteiger partial charge on any atom is 0.296 e. The fraction of sp³-hybridized carbons (Fsp3) is 0.0833. The van der Waals surface area contributed by atoms with Gasteiger partial charge in [-0.05, 0) is 29.8 Å². The predicted octanol–water partition coefficient (Wildman–Crippen LogP) is 6.04. The minimum absolute atomic E-state index is 0.162.